The van der Waals surface area contributed by atoms with Crippen LogP contribution in [0.3, 0.4) is 0 Å². The van der Waals surface area contributed by atoms with Crippen LogP contribution in [0.25, 0.3) is 0 Å². The Labute approximate surface area is 64.5 Å². The average molecular weight is 158 g/mol. The quantitative estimate of drug-likeness (QED) is 0.628. The molecule has 0 bridgehead atoms. The van der Waals surface area contributed by atoms with E-state index in [4.69, 9.17) is 16.7 Å². The first-order valence-corrected chi connectivity index (χ1v) is 3.33. The molecule has 10 heavy (non-hydrogen) atoms. The van der Waals surface area contributed by atoms with Gasteiger partial charge in [-0.1, -0.05) is 11.6 Å². The third-order valence-corrected chi connectivity index (χ3v) is 1.56. The molecule has 2 nitrogen and oxygen atoms in total. The minimum atomic E-state index is -0.0481. The standard InChI is InChI=1S/C7H8ClNO/c1-5-2-6(4-10)7(8)9-3-5/h2-3,10H,4H2,1H3. The Bertz CT molecular complexity index is 237. The first-order valence-electron chi connectivity index (χ1n) is 2.96. The summed E-state index contributed by atoms with van der Waals surface area (Å²) in [5.41, 5.74) is 1.69. The lowest BCUT2D eigenvalue weighted by Crippen LogP contribution is -1.88. The lowest BCUT2D eigenvalue weighted by Gasteiger charge is -1.98. The van der Waals surface area contributed by atoms with Crippen molar-refractivity contribution in [3.05, 3.63) is 28.5 Å². The first-order chi connectivity index (χ1) is 4.74. The molecule has 3 heteroatoms. The number of pyridine rings is 1. The largest absolute Gasteiger partial charge is 0.392 e. The van der Waals surface area contributed by atoms with Crippen LogP contribution in [0.1, 0.15) is 11.1 Å². The van der Waals surface area contributed by atoms with Gasteiger partial charge in [0, 0.05) is 11.8 Å². The van der Waals surface area contributed by atoms with Crippen LogP contribution in [0.2, 0.25) is 5.15 Å². The fraction of sp³-hybridized carbons (Fsp3) is 0.286. The third kappa shape index (κ3) is 1.46. The number of nitrogens with zero attached hydrogens (tertiary/aromatic N) is 1. The van der Waals surface area contributed by atoms with Crippen molar-refractivity contribution >= 4 is 11.6 Å². The van der Waals surface area contributed by atoms with E-state index in [-0.39, 0.29) is 6.61 Å². The molecule has 0 radical (unpaired) electrons. The molecule has 1 rings (SSSR count). The van der Waals surface area contributed by atoms with Crippen LogP contribution >= 0.6 is 11.6 Å². The van der Waals surface area contributed by atoms with Crippen molar-refractivity contribution in [3.63, 3.8) is 0 Å². The van der Waals surface area contributed by atoms with Gasteiger partial charge in [0.25, 0.3) is 0 Å². The molecule has 0 saturated carbocycles. The second-order valence-corrected chi connectivity index (χ2v) is 2.48. The van der Waals surface area contributed by atoms with Crippen LogP contribution in [-0.2, 0) is 6.61 Å². The van der Waals surface area contributed by atoms with Crippen molar-refractivity contribution in [3.8, 4) is 0 Å². The number of hydrogen-bond acceptors (Lipinski definition) is 2. The molecule has 0 amide bonds. The molecular weight excluding hydrogens is 150 g/mol. The van der Waals surface area contributed by atoms with Crippen LogP contribution in [0.15, 0.2) is 12.3 Å². The minimum Gasteiger partial charge on any atom is -0.392 e. The van der Waals surface area contributed by atoms with Gasteiger partial charge in [0.2, 0.25) is 0 Å². The van der Waals surface area contributed by atoms with Crippen molar-refractivity contribution in [2.24, 2.45) is 0 Å². The summed E-state index contributed by atoms with van der Waals surface area (Å²) in [6, 6.07) is 1.81. The molecular formula is C7H8ClNO. The lowest BCUT2D eigenvalue weighted by molar-refractivity contribution is 0.281. The summed E-state index contributed by atoms with van der Waals surface area (Å²) < 4.78 is 0. The topological polar surface area (TPSA) is 33.1 Å². The first kappa shape index (κ1) is 7.51. The van der Waals surface area contributed by atoms with Crippen molar-refractivity contribution < 1.29 is 5.11 Å². The average Bonchev–Trinajstić information content (AvgIpc) is 1.94. The number of aryl methyl sites for hydroxylation is 1. The van der Waals surface area contributed by atoms with Crippen molar-refractivity contribution in [2.45, 2.75) is 13.5 Å². The molecule has 54 valence electrons. The minimum absolute atomic E-state index is 0.0481. The molecule has 0 aromatic carbocycles. The Morgan fingerprint density at radius 3 is 2.90 bits per heavy atom. The van der Waals surface area contributed by atoms with Crippen LogP contribution in [-0.4, -0.2) is 10.1 Å². The van der Waals surface area contributed by atoms with Gasteiger partial charge in [-0.05, 0) is 18.6 Å². The van der Waals surface area contributed by atoms with Gasteiger partial charge in [0.1, 0.15) is 5.15 Å². The normalized spacial score (nSPS) is 9.90. The van der Waals surface area contributed by atoms with Crippen molar-refractivity contribution in [2.75, 3.05) is 0 Å². The van der Waals surface area contributed by atoms with E-state index >= 15 is 0 Å². The second-order valence-electron chi connectivity index (χ2n) is 2.12. The maximum absolute atomic E-state index is 8.72. The van der Waals surface area contributed by atoms with Gasteiger partial charge in [0.15, 0.2) is 0 Å². The summed E-state index contributed by atoms with van der Waals surface area (Å²) in [6.45, 7) is 1.86. The molecule has 1 N–H and O–H groups in total. The van der Waals surface area contributed by atoms with E-state index in [1.807, 2.05) is 13.0 Å². The molecule has 0 unspecified atom stereocenters. The highest BCUT2D eigenvalue weighted by Crippen LogP contribution is 2.12. The Balaban J connectivity index is 3.09. The molecule has 0 aliphatic heterocycles. The highest BCUT2D eigenvalue weighted by atomic mass is 35.5. The fourth-order valence-corrected chi connectivity index (χ4v) is 0.887. The Hall–Kier alpha value is -0.600. The molecule has 0 atom stereocenters. The van der Waals surface area contributed by atoms with E-state index in [0.29, 0.717) is 10.7 Å². The number of halogens is 1. The maximum Gasteiger partial charge on any atom is 0.134 e. The Morgan fingerprint density at radius 2 is 2.40 bits per heavy atom. The Kier molecular flexibility index (Phi) is 2.25. The fourth-order valence-electron chi connectivity index (χ4n) is 0.724. The number of aromatic nitrogens is 1. The van der Waals surface area contributed by atoms with Crippen LogP contribution in [0.5, 0.6) is 0 Å². The molecule has 1 heterocycles. The summed E-state index contributed by atoms with van der Waals surface area (Å²) in [4.78, 5) is 3.85. The van der Waals surface area contributed by atoms with Crippen LogP contribution < -0.4 is 0 Å². The zero-order valence-electron chi connectivity index (χ0n) is 5.63. The summed E-state index contributed by atoms with van der Waals surface area (Å²) in [6.07, 6.45) is 1.67. The molecule has 1 aromatic rings. The van der Waals surface area contributed by atoms with Crippen LogP contribution in [0.4, 0.5) is 0 Å². The van der Waals surface area contributed by atoms with Gasteiger partial charge >= 0.3 is 0 Å². The van der Waals surface area contributed by atoms with E-state index in [0.717, 1.165) is 5.56 Å². The van der Waals surface area contributed by atoms with E-state index in [1.54, 1.807) is 6.20 Å². The summed E-state index contributed by atoms with van der Waals surface area (Å²) in [7, 11) is 0. The monoisotopic (exact) mass is 157 g/mol. The molecule has 0 spiro atoms. The van der Waals surface area contributed by atoms with Gasteiger partial charge in [-0.15, -0.1) is 0 Å². The van der Waals surface area contributed by atoms with E-state index < -0.39 is 0 Å². The van der Waals surface area contributed by atoms with Crippen molar-refractivity contribution in [1.82, 2.24) is 4.98 Å². The maximum atomic E-state index is 8.72. The highest BCUT2D eigenvalue weighted by Gasteiger charge is 1.98. The third-order valence-electron chi connectivity index (χ3n) is 1.22. The van der Waals surface area contributed by atoms with E-state index in [2.05, 4.69) is 4.98 Å². The van der Waals surface area contributed by atoms with Gasteiger partial charge in [-0.2, -0.15) is 0 Å². The zero-order valence-corrected chi connectivity index (χ0v) is 6.39. The predicted octanol–water partition coefficient (Wildman–Crippen LogP) is 1.54. The van der Waals surface area contributed by atoms with Crippen molar-refractivity contribution in [1.29, 1.82) is 0 Å². The molecule has 0 aliphatic carbocycles. The summed E-state index contributed by atoms with van der Waals surface area (Å²) in [5, 5.41) is 9.10. The summed E-state index contributed by atoms with van der Waals surface area (Å²) >= 11 is 5.63. The number of rotatable bonds is 1. The zero-order chi connectivity index (χ0) is 7.56. The number of aliphatic hydroxyl groups excluding tert-OH is 1. The molecule has 0 aliphatic rings. The van der Waals surface area contributed by atoms with Gasteiger partial charge in [0.05, 0.1) is 6.61 Å². The predicted molar refractivity (Wildman–Crippen MR) is 39.9 cm³/mol. The van der Waals surface area contributed by atoms with Gasteiger partial charge in [-0.3, -0.25) is 0 Å². The smallest absolute Gasteiger partial charge is 0.134 e. The second kappa shape index (κ2) is 2.99. The van der Waals surface area contributed by atoms with Crippen LogP contribution in [0, 0.1) is 6.92 Å². The molecule has 1 aromatic heterocycles. The van der Waals surface area contributed by atoms with Gasteiger partial charge < -0.3 is 5.11 Å². The summed E-state index contributed by atoms with van der Waals surface area (Å²) in [5.74, 6) is 0. The van der Waals surface area contributed by atoms with E-state index in [1.165, 1.54) is 0 Å². The number of hydrogen-bond donors (Lipinski definition) is 1. The lowest BCUT2D eigenvalue weighted by atomic mass is 10.2. The SMILES string of the molecule is Cc1cnc(Cl)c(CO)c1. The molecule has 0 fully saturated rings. The molecule has 0 saturated heterocycles. The highest BCUT2D eigenvalue weighted by molar-refractivity contribution is 6.30. The van der Waals surface area contributed by atoms with E-state index in [9.17, 15) is 0 Å². The Morgan fingerprint density at radius 1 is 1.70 bits per heavy atom. The van der Waals surface area contributed by atoms with Gasteiger partial charge in [-0.25, -0.2) is 4.98 Å². The number of aliphatic hydroxyl groups is 1.